The van der Waals surface area contributed by atoms with Crippen LogP contribution in [0.1, 0.15) is 17.5 Å². The minimum absolute atomic E-state index is 0.0273. The third kappa shape index (κ3) is 4.89. The number of ether oxygens (including phenoxy) is 1. The molecule has 31 heavy (non-hydrogen) atoms. The summed E-state index contributed by atoms with van der Waals surface area (Å²) in [4.78, 5) is 27.0. The predicted octanol–water partition coefficient (Wildman–Crippen LogP) is 5.74. The molecule has 0 spiro atoms. The lowest BCUT2D eigenvalue weighted by molar-refractivity contribution is -0.122. The van der Waals surface area contributed by atoms with Crippen molar-refractivity contribution in [1.29, 1.82) is 0 Å². The van der Waals surface area contributed by atoms with Gasteiger partial charge in [-0.1, -0.05) is 23.7 Å². The zero-order valence-electron chi connectivity index (χ0n) is 17.4. The van der Waals surface area contributed by atoms with Gasteiger partial charge in [-0.3, -0.25) is 9.59 Å². The van der Waals surface area contributed by atoms with Crippen LogP contribution in [0.5, 0.6) is 11.5 Å². The summed E-state index contributed by atoms with van der Waals surface area (Å²) in [5.41, 5.74) is 3.65. The number of nitrogens with zero attached hydrogens (tertiary/aromatic N) is 1. The minimum Gasteiger partial charge on any atom is -0.457 e. The van der Waals surface area contributed by atoms with E-state index in [2.05, 4.69) is 5.32 Å². The zero-order valence-corrected chi connectivity index (χ0v) is 18.1. The fourth-order valence-corrected chi connectivity index (χ4v) is 3.74. The van der Waals surface area contributed by atoms with Gasteiger partial charge < -0.3 is 15.0 Å². The molecule has 0 radical (unpaired) electrons. The van der Waals surface area contributed by atoms with Gasteiger partial charge in [0.2, 0.25) is 11.8 Å². The molecule has 4 rings (SSSR count). The molecule has 0 aromatic heterocycles. The van der Waals surface area contributed by atoms with E-state index < -0.39 is 5.92 Å². The number of aryl methyl sites for hydroxylation is 2. The predicted molar refractivity (Wildman–Crippen MR) is 123 cm³/mol. The highest BCUT2D eigenvalue weighted by atomic mass is 35.5. The molecule has 158 valence electrons. The van der Waals surface area contributed by atoms with Gasteiger partial charge >= 0.3 is 0 Å². The third-order valence-electron chi connectivity index (χ3n) is 5.32. The molecule has 1 heterocycles. The van der Waals surface area contributed by atoms with Crippen molar-refractivity contribution < 1.29 is 14.3 Å². The standard InChI is InChI=1S/C25H23ClN2O3/c1-16-3-4-17(2)23(13-16)28-15-18(14-24(28)29)25(30)27-20-7-11-22(12-8-20)31-21-9-5-19(26)6-10-21/h3-13,18H,14-15H2,1-2H3,(H,27,30)/t18-/m0/s1. The van der Waals surface area contributed by atoms with Gasteiger partial charge in [0.05, 0.1) is 5.92 Å². The molecule has 1 atom stereocenters. The molecule has 3 aromatic rings. The van der Waals surface area contributed by atoms with Crippen LogP contribution < -0.4 is 15.0 Å². The second-order valence-electron chi connectivity index (χ2n) is 7.76. The Kier molecular flexibility index (Phi) is 5.96. The van der Waals surface area contributed by atoms with E-state index in [1.165, 1.54) is 0 Å². The summed E-state index contributed by atoms with van der Waals surface area (Å²) in [6.45, 7) is 4.35. The lowest BCUT2D eigenvalue weighted by Gasteiger charge is -2.19. The number of benzene rings is 3. The van der Waals surface area contributed by atoms with Crippen molar-refractivity contribution in [3.05, 3.63) is 82.9 Å². The van der Waals surface area contributed by atoms with Crippen molar-refractivity contribution >= 4 is 34.8 Å². The number of rotatable bonds is 5. The Hall–Kier alpha value is -3.31. The Balaban J connectivity index is 1.38. The number of halogens is 1. The average molecular weight is 435 g/mol. The van der Waals surface area contributed by atoms with Crippen LogP contribution in [0.3, 0.4) is 0 Å². The molecule has 3 aromatic carbocycles. The summed E-state index contributed by atoms with van der Waals surface area (Å²) in [7, 11) is 0. The lowest BCUT2D eigenvalue weighted by atomic mass is 10.1. The Labute approximate surface area is 186 Å². The van der Waals surface area contributed by atoms with Crippen molar-refractivity contribution in [3.63, 3.8) is 0 Å². The van der Waals surface area contributed by atoms with Gasteiger partial charge in [-0.05, 0) is 79.6 Å². The number of amides is 2. The van der Waals surface area contributed by atoms with Crippen LogP contribution in [0.4, 0.5) is 11.4 Å². The molecule has 1 aliphatic heterocycles. The molecule has 1 aliphatic rings. The monoisotopic (exact) mass is 434 g/mol. The van der Waals surface area contributed by atoms with E-state index in [0.717, 1.165) is 16.8 Å². The molecule has 0 unspecified atom stereocenters. The van der Waals surface area contributed by atoms with E-state index in [0.29, 0.717) is 28.8 Å². The van der Waals surface area contributed by atoms with Crippen LogP contribution in [0.25, 0.3) is 0 Å². The molecule has 5 nitrogen and oxygen atoms in total. The summed E-state index contributed by atoms with van der Waals surface area (Å²) < 4.78 is 5.77. The van der Waals surface area contributed by atoms with Crippen molar-refractivity contribution in [2.24, 2.45) is 5.92 Å². The summed E-state index contributed by atoms with van der Waals surface area (Å²) in [6, 6.07) is 20.2. The van der Waals surface area contributed by atoms with Crippen molar-refractivity contribution in [2.75, 3.05) is 16.8 Å². The molecule has 1 fully saturated rings. The molecule has 6 heteroatoms. The van der Waals surface area contributed by atoms with Crippen molar-refractivity contribution in [2.45, 2.75) is 20.3 Å². The van der Waals surface area contributed by atoms with Crippen LogP contribution in [0.15, 0.2) is 66.7 Å². The summed E-state index contributed by atoms with van der Waals surface area (Å²) in [5.74, 6) is 0.750. The molecular weight excluding hydrogens is 412 g/mol. The van der Waals surface area contributed by atoms with Crippen molar-refractivity contribution in [1.82, 2.24) is 0 Å². The first-order valence-electron chi connectivity index (χ1n) is 10.1. The van der Waals surface area contributed by atoms with Gasteiger partial charge in [-0.15, -0.1) is 0 Å². The highest BCUT2D eigenvalue weighted by molar-refractivity contribution is 6.30. The number of carbonyl (C=O) groups excluding carboxylic acids is 2. The van der Waals surface area contributed by atoms with Gasteiger partial charge in [0.25, 0.3) is 0 Å². The molecule has 0 bridgehead atoms. The Bertz CT molecular complexity index is 1110. The first-order valence-corrected chi connectivity index (χ1v) is 10.5. The number of anilines is 2. The van der Waals surface area contributed by atoms with Crippen LogP contribution in [0.2, 0.25) is 5.02 Å². The maximum Gasteiger partial charge on any atom is 0.229 e. The van der Waals surface area contributed by atoms with Crippen LogP contribution in [-0.4, -0.2) is 18.4 Å². The van der Waals surface area contributed by atoms with Crippen LogP contribution in [-0.2, 0) is 9.59 Å². The van der Waals surface area contributed by atoms with Crippen molar-refractivity contribution in [3.8, 4) is 11.5 Å². The topological polar surface area (TPSA) is 58.6 Å². The molecule has 2 amide bonds. The lowest BCUT2D eigenvalue weighted by Crippen LogP contribution is -2.28. The number of hydrogen-bond donors (Lipinski definition) is 1. The Morgan fingerprint density at radius 2 is 1.65 bits per heavy atom. The molecule has 0 saturated carbocycles. The normalized spacial score (nSPS) is 15.8. The van der Waals surface area contributed by atoms with E-state index in [9.17, 15) is 9.59 Å². The zero-order chi connectivity index (χ0) is 22.0. The second-order valence-corrected chi connectivity index (χ2v) is 8.20. The smallest absolute Gasteiger partial charge is 0.229 e. The SMILES string of the molecule is Cc1ccc(C)c(N2C[C@@H](C(=O)Nc3ccc(Oc4ccc(Cl)cc4)cc3)CC2=O)c1. The average Bonchev–Trinajstić information content (AvgIpc) is 3.14. The highest BCUT2D eigenvalue weighted by Crippen LogP contribution is 2.30. The Morgan fingerprint density at radius 1 is 1.00 bits per heavy atom. The number of nitrogens with one attached hydrogen (secondary N) is 1. The summed E-state index contributed by atoms with van der Waals surface area (Å²) >= 11 is 5.89. The first-order chi connectivity index (χ1) is 14.9. The van der Waals surface area contributed by atoms with Gasteiger partial charge in [0.15, 0.2) is 0 Å². The maximum absolute atomic E-state index is 12.8. The molecule has 1 N–H and O–H groups in total. The largest absolute Gasteiger partial charge is 0.457 e. The van der Waals surface area contributed by atoms with Crippen LogP contribution in [0, 0.1) is 19.8 Å². The number of carbonyl (C=O) groups is 2. The fraction of sp³-hybridized carbons (Fsp3) is 0.200. The second kappa shape index (κ2) is 8.82. The van der Waals surface area contributed by atoms with Gasteiger partial charge in [0.1, 0.15) is 11.5 Å². The quantitative estimate of drug-likeness (QED) is 0.557. The van der Waals surface area contributed by atoms with E-state index >= 15 is 0 Å². The van der Waals surface area contributed by atoms with E-state index in [4.69, 9.17) is 16.3 Å². The van der Waals surface area contributed by atoms with Gasteiger partial charge in [0, 0.05) is 29.4 Å². The first kappa shape index (κ1) is 20.9. The maximum atomic E-state index is 12.8. The van der Waals surface area contributed by atoms with E-state index in [1.54, 1.807) is 53.4 Å². The highest BCUT2D eigenvalue weighted by Gasteiger charge is 2.35. The summed E-state index contributed by atoms with van der Waals surface area (Å²) in [5, 5.41) is 3.56. The molecule has 0 aliphatic carbocycles. The molecule has 1 saturated heterocycles. The fourth-order valence-electron chi connectivity index (χ4n) is 3.62. The molecular formula is C25H23ClN2O3. The van der Waals surface area contributed by atoms with Gasteiger partial charge in [-0.2, -0.15) is 0 Å². The van der Waals surface area contributed by atoms with Gasteiger partial charge in [-0.25, -0.2) is 0 Å². The number of hydrogen-bond acceptors (Lipinski definition) is 3. The van der Waals surface area contributed by atoms with E-state index in [-0.39, 0.29) is 18.2 Å². The van der Waals surface area contributed by atoms with E-state index in [1.807, 2.05) is 32.0 Å². The third-order valence-corrected chi connectivity index (χ3v) is 5.57. The Morgan fingerprint density at radius 3 is 2.32 bits per heavy atom. The summed E-state index contributed by atoms with van der Waals surface area (Å²) in [6.07, 6.45) is 0.205. The minimum atomic E-state index is -0.391. The van der Waals surface area contributed by atoms with Crippen LogP contribution >= 0.6 is 11.6 Å².